The molecule has 0 saturated carbocycles. The highest BCUT2D eigenvalue weighted by Gasteiger charge is 2.09. The number of amides is 1. The Balaban J connectivity index is 1.72. The summed E-state index contributed by atoms with van der Waals surface area (Å²) in [6, 6.07) is 17.0. The first-order valence-electron chi connectivity index (χ1n) is 7.29. The molecular formula is C18H21NO3. The number of para-hydroxylation sites is 1. The third kappa shape index (κ3) is 4.52. The quantitative estimate of drug-likeness (QED) is 0.734. The lowest BCUT2D eigenvalue weighted by molar-refractivity contribution is -0.118. The molecular weight excluding hydrogens is 278 g/mol. The van der Waals surface area contributed by atoms with Gasteiger partial charge >= 0.3 is 0 Å². The van der Waals surface area contributed by atoms with E-state index < -0.39 is 0 Å². The van der Waals surface area contributed by atoms with Gasteiger partial charge in [-0.05, 0) is 42.8 Å². The molecule has 0 atom stereocenters. The second kappa shape index (κ2) is 8.08. The Bertz CT molecular complexity index is 581. The van der Waals surface area contributed by atoms with Crippen LogP contribution in [0.1, 0.15) is 12.8 Å². The summed E-state index contributed by atoms with van der Waals surface area (Å²) in [5.74, 6) is 1.67. The zero-order valence-electron chi connectivity index (χ0n) is 13.0. The summed E-state index contributed by atoms with van der Waals surface area (Å²) in [6.45, 7) is 0.515. The van der Waals surface area contributed by atoms with Crippen molar-refractivity contribution >= 4 is 11.6 Å². The van der Waals surface area contributed by atoms with E-state index in [2.05, 4.69) is 0 Å². The van der Waals surface area contributed by atoms with Crippen molar-refractivity contribution in [2.24, 2.45) is 0 Å². The topological polar surface area (TPSA) is 38.8 Å². The van der Waals surface area contributed by atoms with Crippen molar-refractivity contribution in [1.82, 2.24) is 0 Å². The number of ether oxygens (including phenoxy) is 2. The molecule has 0 radical (unpaired) electrons. The van der Waals surface area contributed by atoms with Gasteiger partial charge in [0.15, 0.2) is 0 Å². The van der Waals surface area contributed by atoms with Crippen LogP contribution >= 0.6 is 0 Å². The number of anilines is 1. The number of nitrogens with zero attached hydrogens (tertiary/aromatic N) is 1. The van der Waals surface area contributed by atoms with E-state index in [0.717, 1.165) is 17.2 Å². The minimum absolute atomic E-state index is 0.0875. The molecule has 0 aliphatic heterocycles. The van der Waals surface area contributed by atoms with Gasteiger partial charge in [0.25, 0.3) is 0 Å². The van der Waals surface area contributed by atoms with E-state index in [-0.39, 0.29) is 5.91 Å². The van der Waals surface area contributed by atoms with Gasteiger partial charge in [-0.2, -0.15) is 0 Å². The molecule has 22 heavy (non-hydrogen) atoms. The van der Waals surface area contributed by atoms with Gasteiger partial charge in [-0.25, -0.2) is 0 Å². The predicted molar refractivity (Wildman–Crippen MR) is 87.6 cm³/mol. The maximum atomic E-state index is 12.1. The Labute approximate surface area is 131 Å². The molecule has 0 N–H and O–H groups in total. The monoisotopic (exact) mass is 299 g/mol. The van der Waals surface area contributed by atoms with Gasteiger partial charge in [-0.3, -0.25) is 4.79 Å². The van der Waals surface area contributed by atoms with Gasteiger partial charge in [-0.15, -0.1) is 0 Å². The molecule has 0 saturated heterocycles. The van der Waals surface area contributed by atoms with E-state index in [4.69, 9.17) is 9.47 Å². The molecule has 2 aromatic carbocycles. The van der Waals surface area contributed by atoms with Crippen LogP contribution in [0.3, 0.4) is 0 Å². The third-order valence-corrected chi connectivity index (χ3v) is 3.38. The molecule has 0 bridgehead atoms. The van der Waals surface area contributed by atoms with Crippen LogP contribution in [0.4, 0.5) is 5.69 Å². The first kappa shape index (κ1) is 15.9. The lowest BCUT2D eigenvalue weighted by Crippen LogP contribution is -2.26. The Hall–Kier alpha value is -2.49. The van der Waals surface area contributed by atoms with Crippen molar-refractivity contribution in [2.45, 2.75) is 12.8 Å². The summed E-state index contributed by atoms with van der Waals surface area (Å²) < 4.78 is 10.7. The molecule has 1 amide bonds. The summed E-state index contributed by atoms with van der Waals surface area (Å²) >= 11 is 0. The van der Waals surface area contributed by atoms with Crippen molar-refractivity contribution in [2.75, 3.05) is 25.7 Å². The van der Waals surface area contributed by atoms with Gasteiger partial charge < -0.3 is 14.4 Å². The van der Waals surface area contributed by atoms with E-state index in [1.807, 2.05) is 54.6 Å². The molecule has 0 aliphatic carbocycles. The van der Waals surface area contributed by atoms with Crippen molar-refractivity contribution in [3.63, 3.8) is 0 Å². The molecule has 0 fully saturated rings. The lowest BCUT2D eigenvalue weighted by Gasteiger charge is -2.17. The van der Waals surface area contributed by atoms with Crippen LogP contribution in [0.5, 0.6) is 11.5 Å². The van der Waals surface area contributed by atoms with Gasteiger partial charge in [0.05, 0.1) is 13.7 Å². The minimum atomic E-state index is 0.0875. The number of hydrogen-bond donors (Lipinski definition) is 0. The number of hydrogen-bond acceptors (Lipinski definition) is 3. The number of benzene rings is 2. The molecule has 0 aliphatic rings. The molecule has 0 spiro atoms. The van der Waals surface area contributed by atoms with E-state index in [9.17, 15) is 4.79 Å². The SMILES string of the molecule is COc1ccc(OCCCC(=O)N(C)c2ccccc2)cc1. The van der Waals surface area contributed by atoms with Crippen LogP contribution in [0, 0.1) is 0 Å². The summed E-state index contributed by atoms with van der Waals surface area (Å²) in [7, 11) is 3.42. The van der Waals surface area contributed by atoms with Crippen LogP contribution in [0.25, 0.3) is 0 Å². The number of carbonyl (C=O) groups is 1. The zero-order chi connectivity index (χ0) is 15.8. The second-order valence-corrected chi connectivity index (χ2v) is 4.92. The van der Waals surface area contributed by atoms with Gasteiger partial charge in [0.1, 0.15) is 11.5 Å². The molecule has 2 aromatic rings. The Morgan fingerprint density at radius 1 is 1.00 bits per heavy atom. The number of methoxy groups -OCH3 is 1. The van der Waals surface area contributed by atoms with Crippen molar-refractivity contribution < 1.29 is 14.3 Å². The van der Waals surface area contributed by atoms with Gasteiger partial charge in [-0.1, -0.05) is 18.2 Å². The highest BCUT2D eigenvalue weighted by Crippen LogP contribution is 2.17. The summed E-state index contributed by atoms with van der Waals surface area (Å²) in [5, 5.41) is 0. The minimum Gasteiger partial charge on any atom is -0.497 e. The standard InChI is InChI=1S/C18H21NO3/c1-19(15-7-4-3-5-8-15)18(20)9-6-14-22-17-12-10-16(21-2)11-13-17/h3-5,7-8,10-13H,6,9,14H2,1-2H3. The predicted octanol–water partition coefficient (Wildman–Crippen LogP) is 3.52. The molecule has 0 heterocycles. The fraction of sp³-hybridized carbons (Fsp3) is 0.278. The van der Waals surface area contributed by atoms with Gasteiger partial charge in [0.2, 0.25) is 5.91 Å². The fourth-order valence-electron chi connectivity index (χ4n) is 2.05. The Morgan fingerprint density at radius 2 is 1.64 bits per heavy atom. The highest BCUT2D eigenvalue weighted by molar-refractivity contribution is 5.92. The number of carbonyl (C=O) groups excluding carboxylic acids is 1. The zero-order valence-corrected chi connectivity index (χ0v) is 13.0. The van der Waals surface area contributed by atoms with Crippen LogP contribution in [-0.4, -0.2) is 26.7 Å². The first-order valence-corrected chi connectivity index (χ1v) is 7.29. The summed E-state index contributed by atoms with van der Waals surface area (Å²) in [4.78, 5) is 13.8. The second-order valence-electron chi connectivity index (χ2n) is 4.92. The first-order chi connectivity index (χ1) is 10.7. The van der Waals surface area contributed by atoms with Crippen LogP contribution < -0.4 is 14.4 Å². The van der Waals surface area contributed by atoms with Crippen molar-refractivity contribution in [3.8, 4) is 11.5 Å². The fourth-order valence-corrected chi connectivity index (χ4v) is 2.05. The Morgan fingerprint density at radius 3 is 2.27 bits per heavy atom. The van der Waals surface area contributed by atoms with Crippen molar-refractivity contribution in [3.05, 3.63) is 54.6 Å². The average Bonchev–Trinajstić information content (AvgIpc) is 2.59. The summed E-state index contributed by atoms with van der Waals surface area (Å²) in [6.07, 6.45) is 1.14. The largest absolute Gasteiger partial charge is 0.497 e. The van der Waals surface area contributed by atoms with Crippen molar-refractivity contribution in [1.29, 1.82) is 0 Å². The maximum Gasteiger partial charge on any atom is 0.226 e. The molecule has 4 nitrogen and oxygen atoms in total. The highest BCUT2D eigenvalue weighted by atomic mass is 16.5. The van der Waals surface area contributed by atoms with E-state index in [1.165, 1.54) is 0 Å². The molecule has 0 aromatic heterocycles. The lowest BCUT2D eigenvalue weighted by atomic mass is 10.2. The molecule has 2 rings (SSSR count). The van der Waals surface area contributed by atoms with E-state index in [0.29, 0.717) is 19.4 Å². The maximum absolute atomic E-state index is 12.1. The summed E-state index contributed by atoms with van der Waals surface area (Å²) in [5.41, 5.74) is 0.906. The molecule has 0 unspecified atom stereocenters. The van der Waals surface area contributed by atoms with Crippen LogP contribution in [0.2, 0.25) is 0 Å². The normalized spacial score (nSPS) is 10.1. The van der Waals surface area contributed by atoms with Gasteiger partial charge in [0, 0.05) is 19.2 Å². The third-order valence-electron chi connectivity index (χ3n) is 3.38. The van der Waals surface area contributed by atoms with E-state index in [1.54, 1.807) is 19.1 Å². The van der Waals surface area contributed by atoms with Crippen LogP contribution in [-0.2, 0) is 4.79 Å². The molecule has 4 heteroatoms. The van der Waals surface area contributed by atoms with E-state index >= 15 is 0 Å². The van der Waals surface area contributed by atoms with Crippen LogP contribution in [0.15, 0.2) is 54.6 Å². The average molecular weight is 299 g/mol. The smallest absolute Gasteiger partial charge is 0.226 e. The molecule has 116 valence electrons. The number of rotatable bonds is 7. The Kier molecular flexibility index (Phi) is 5.83.